The first-order valence-corrected chi connectivity index (χ1v) is 9.15. The zero-order valence-corrected chi connectivity index (χ0v) is 15.2. The first-order valence-electron chi connectivity index (χ1n) is 9.15. The Labute approximate surface area is 154 Å². The zero-order chi connectivity index (χ0) is 18.4. The maximum Gasteiger partial charge on any atom is 0.246 e. The van der Waals surface area contributed by atoms with Gasteiger partial charge >= 0.3 is 0 Å². The molecule has 1 aliphatic rings. The van der Waals surface area contributed by atoms with Crippen molar-refractivity contribution in [1.82, 2.24) is 4.90 Å². The Morgan fingerprint density at radius 1 is 1.08 bits per heavy atom. The van der Waals surface area contributed by atoms with Crippen molar-refractivity contribution >= 4 is 17.7 Å². The lowest BCUT2D eigenvalue weighted by Gasteiger charge is -2.29. The Kier molecular flexibility index (Phi) is 6.05. The molecule has 0 aromatic heterocycles. The highest BCUT2D eigenvalue weighted by Gasteiger charge is 2.11. The molecular formula is C22H25FN2O. The number of carbonyl (C=O) groups is 1. The smallest absolute Gasteiger partial charge is 0.246 e. The van der Waals surface area contributed by atoms with Gasteiger partial charge in [-0.15, -0.1) is 0 Å². The number of halogens is 1. The number of benzene rings is 2. The minimum absolute atomic E-state index is 0.145. The predicted molar refractivity (Wildman–Crippen MR) is 104 cm³/mol. The number of anilines is 1. The van der Waals surface area contributed by atoms with Crippen LogP contribution < -0.4 is 4.90 Å². The molecule has 0 radical (unpaired) electrons. The summed E-state index contributed by atoms with van der Waals surface area (Å²) in [7, 11) is 1.76. The average molecular weight is 352 g/mol. The molecule has 2 aromatic rings. The van der Waals surface area contributed by atoms with Gasteiger partial charge in [0.25, 0.3) is 0 Å². The fourth-order valence-electron chi connectivity index (χ4n) is 3.21. The van der Waals surface area contributed by atoms with Gasteiger partial charge in [0, 0.05) is 44.0 Å². The lowest BCUT2D eigenvalue weighted by Crippen LogP contribution is -2.29. The molecule has 1 fully saturated rings. The van der Waals surface area contributed by atoms with Gasteiger partial charge in [0.15, 0.2) is 0 Å². The van der Waals surface area contributed by atoms with E-state index >= 15 is 0 Å². The summed E-state index contributed by atoms with van der Waals surface area (Å²) in [5.74, 6) is -0.471. The van der Waals surface area contributed by atoms with E-state index in [0.717, 1.165) is 18.7 Å². The molecule has 136 valence electrons. The van der Waals surface area contributed by atoms with Gasteiger partial charge in [0.2, 0.25) is 5.91 Å². The molecule has 2 aromatic carbocycles. The second-order valence-corrected chi connectivity index (χ2v) is 6.76. The molecule has 0 N–H and O–H groups in total. The lowest BCUT2D eigenvalue weighted by atomic mass is 10.1. The molecule has 1 aliphatic heterocycles. The SMILES string of the molecule is CN(Cc1ccc(N2CCCCC2)cc1)C(=O)/C=C/c1ccccc1F. The predicted octanol–water partition coefficient (Wildman–Crippen LogP) is 4.49. The monoisotopic (exact) mass is 352 g/mol. The molecule has 3 nitrogen and oxygen atoms in total. The van der Waals surface area contributed by atoms with Crippen molar-refractivity contribution in [3.63, 3.8) is 0 Å². The van der Waals surface area contributed by atoms with Crippen LogP contribution in [-0.4, -0.2) is 30.9 Å². The van der Waals surface area contributed by atoms with E-state index in [1.807, 2.05) is 0 Å². The third-order valence-electron chi connectivity index (χ3n) is 4.76. The molecule has 0 bridgehead atoms. The van der Waals surface area contributed by atoms with E-state index in [1.54, 1.807) is 30.1 Å². The number of piperidine rings is 1. The first kappa shape index (κ1) is 18.2. The summed E-state index contributed by atoms with van der Waals surface area (Å²) in [6.45, 7) is 2.78. The molecule has 0 spiro atoms. The van der Waals surface area contributed by atoms with Gasteiger partial charge in [-0.05, 0) is 49.1 Å². The van der Waals surface area contributed by atoms with Crippen LogP contribution in [0.3, 0.4) is 0 Å². The number of hydrogen-bond acceptors (Lipinski definition) is 2. The highest BCUT2D eigenvalue weighted by molar-refractivity contribution is 5.91. The Hall–Kier alpha value is -2.62. The Bertz CT molecular complexity index is 764. The van der Waals surface area contributed by atoms with E-state index in [1.165, 1.54) is 43.2 Å². The van der Waals surface area contributed by atoms with Crippen LogP contribution in [0.1, 0.15) is 30.4 Å². The summed E-state index contributed by atoms with van der Waals surface area (Å²) in [6, 6.07) is 14.8. The minimum atomic E-state index is -0.326. The fourth-order valence-corrected chi connectivity index (χ4v) is 3.21. The van der Waals surface area contributed by atoms with Gasteiger partial charge < -0.3 is 9.80 Å². The molecule has 4 heteroatoms. The van der Waals surface area contributed by atoms with E-state index in [-0.39, 0.29) is 11.7 Å². The van der Waals surface area contributed by atoms with Crippen LogP contribution in [0.5, 0.6) is 0 Å². The molecule has 26 heavy (non-hydrogen) atoms. The van der Waals surface area contributed by atoms with Crippen molar-refractivity contribution in [3.05, 3.63) is 71.6 Å². The van der Waals surface area contributed by atoms with E-state index in [2.05, 4.69) is 29.2 Å². The highest BCUT2D eigenvalue weighted by Crippen LogP contribution is 2.20. The minimum Gasteiger partial charge on any atom is -0.372 e. The van der Waals surface area contributed by atoms with Gasteiger partial charge in [-0.2, -0.15) is 0 Å². The van der Waals surface area contributed by atoms with E-state index in [0.29, 0.717) is 12.1 Å². The second kappa shape index (κ2) is 8.65. The molecule has 0 atom stereocenters. The van der Waals surface area contributed by atoms with Gasteiger partial charge in [-0.25, -0.2) is 4.39 Å². The van der Waals surface area contributed by atoms with E-state index < -0.39 is 0 Å². The third-order valence-corrected chi connectivity index (χ3v) is 4.76. The molecular weight excluding hydrogens is 327 g/mol. The van der Waals surface area contributed by atoms with Crippen molar-refractivity contribution in [1.29, 1.82) is 0 Å². The van der Waals surface area contributed by atoms with Crippen molar-refractivity contribution < 1.29 is 9.18 Å². The Morgan fingerprint density at radius 2 is 1.77 bits per heavy atom. The van der Waals surface area contributed by atoms with Crippen molar-refractivity contribution in [2.24, 2.45) is 0 Å². The zero-order valence-electron chi connectivity index (χ0n) is 15.2. The van der Waals surface area contributed by atoms with E-state index in [4.69, 9.17) is 0 Å². The Balaban J connectivity index is 1.57. The number of rotatable bonds is 5. The summed E-state index contributed by atoms with van der Waals surface area (Å²) < 4.78 is 13.6. The molecule has 1 heterocycles. The van der Waals surface area contributed by atoms with E-state index in [9.17, 15) is 9.18 Å². The van der Waals surface area contributed by atoms with Crippen LogP contribution in [0.15, 0.2) is 54.6 Å². The quantitative estimate of drug-likeness (QED) is 0.741. The van der Waals surface area contributed by atoms with Crippen LogP contribution in [0.4, 0.5) is 10.1 Å². The topological polar surface area (TPSA) is 23.6 Å². The van der Waals surface area contributed by atoms with Crippen LogP contribution in [-0.2, 0) is 11.3 Å². The number of amides is 1. The van der Waals surface area contributed by atoms with Crippen LogP contribution >= 0.6 is 0 Å². The third kappa shape index (κ3) is 4.72. The van der Waals surface area contributed by atoms with Gasteiger partial charge in [0.1, 0.15) is 5.82 Å². The van der Waals surface area contributed by atoms with Crippen LogP contribution in [0, 0.1) is 5.82 Å². The fraction of sp³-hybridized carbons (Fsp3) is 0.318. The number of nitrogens with zero attached hydrogens (tertiary/aromatic N) is 2. The standard InChI is InChI=1S/C22H25FN2O/c1-24(22(26)14-11-19-7-3-4-8-21(19)23)17-18-9-12-20(13-10-18)25-15-5-2-6-16-25/h3-4,7-14H,2,5-6,15-17H2,1H3/b14-11+. The van der Waals surface area contributed by atoms with Gasteiger partial charge in [-0.3, -0.25) is 4.79 Å². The normalized spacial score (nSPS) is 14.6. The molecule has 0 saturated carbocycles. The number of carbonyl (C=O) groups excluding carboxylic acids is 1. The van der Waals surface area contributed by atoms with Gasteiger partial charge in [-0.1, -0.05) is 30.3 Å². The van der Waals surface area contributed by atoms with Crippen molar-refractivity contribution in [2.75, 3.05) is 25.0 Å². The summed E-state index contributed by atoms with van der Waals surface area (Å²) in [5.41, 5.74) is 2.75. The molecule has 0 unspecified atom stereocenters. The van der Waals surface area contributed by atoms with Crippen LogP contribution in [0.25, 0.3) is 6.08 Å². The molecule has 3 rings (SSSR count). The van der Waals surface area contributed by atoms with Crippen molar-refractivity contribution in [3.8, 4) is 0 Å². The Morgan fingerprint density at radius 3 is 2.46 bits per heavy atom. The summed E-state index contributed by atoms with van der Waals surface area (Å²) >= 11 is 0. The lowest BCUT2D eigenvalue weighted by molar-refractivity contribution is -0.125. The second-order valence-electron chi connectivity index (χ2n) is 6.76. The summed E-state index contributed by atoms with van der Waals surface area (Å²) in [5, 5.41) is 0. The summed E-state index contributed by atoms with van der Waals surface area (Å²) in [4.78, 5) is 16.3. The molecule has 1 saturated heterocycles. The number of hydrogen-bond donors (Lipinski definition) is 0. The largest absolute Gasteiger partial charge is 0.372 e. The maximum atomic E-state index is 13.6. The number of likely N-dealkylation sites (N-methyl/N-ethyl adjacent to an activating group) is 1. The molecule has 0 aliphatic carbocycles. The van der Waals surface area contributed by atoms with Crippen LogP contribution in [0.2, 0.25) is 0 Å². The molecule has 1 amide bonds. The average Bonchev–Trinajstić information content (AvgIpc) is 2.68. The van der Waals surface area contributed by atoms with Crippen molar-refractivity contribution in [2.45, 2.75) is 25.8 Å². The maximum absolute atomic E-state index is 13.6. The van der Waals surface area contributed by atoms with Gasteiger partial charge in [0.05, 0.1) is 0 Å². The summed E-state index contributed by atoms with van der Waals surface area (Å²) in [6.07, 6.45) is 6.77. The highest BCUT2D eigenvalue weighted by atomic mass is 19.1. The first-order chi connectivity index (χ1) is 12.6.